The normalized spacial score (nSPS) is 11.3. The Labute approximate surface area is 120 Å². The molecule has 108 valence electrons. The van der Waals surface area contributed by atoms with Crippen LogP contribution >= 0.6 is 11.3 Å². The molecule has 2 heterocycles. The first kappa shape index (κ1) is 14.7. The summed E-state index contributed by atoms with van der Waals surface area (Å²) in [7, 11) is -2.27. The lowest BCUT2D eigenvalue weighted by Crippen LogP contribution is -2.15. The SMILES string of the molecule is COc1cc(C)nc(NS(=O)(=O)c2csc(CN)c2)n1. The van der Waals surface area contributed by atoms with E-state index in [0.29, 0.717) is 18.1 Å². The zero-order valence-corrected chi connectivity index (χ0v) is 12.6. The van der Waals surface area contributed by atoms with Crippen LogP contribution in [0.15, 0.2) is 22.4 Å². The maximum absolute atomic E-state index is 12.2. The summed E-state index contributed by atoms with van der Waals surface area (Å²) in [5, 5.41) is 1.53. The molecule has 0 aliphatic heterocycles. The van der Waals surface area contributed by atoms with Gasteiger partial charge in [-0.2, -0.15) is 4.98 Å². The number of nitrogens with zero attached hydrogens (tertiary/aromatic N) is 2. The molecule has 0 radical (unpaired) electrons. The molecule has 0 atom stereocenters. The van der Waals surface area contributed by atoms with Gasteiger partial charge in [0.25, 0.3) is 10.0 Å². The van der Waals surface area contributed by atoms with E-state index in [4.69, 9.17) is 10.5 Å². The highest BCUT2D eigenvalue weighted by atomic mass is 32.2. The summed E-state index contributed by atoms with van der Waals surface area (Å²) < 4.78 is 31.7. The van der Waals surface area contributed by atoms with Gasteiger partial charge in [-0.05, 0) is 13.0 Å². The van der Waals surface area contributed by atoms with E-state index in [-0.39, 0.29) is 10.8 Å². The van der Waals surface area contributed by atoms with Crippen molar-refractivity contribution in [3.63, 3.8) is 0 Å². The predicted octanol–water partition coefficient (Wildman–Crippen LogP) is 1.11. The molecule has 20 heavy (non-hydrogen) atoms. The summed E-state index contributed by atoms with van der Waals surface area (Å²) in [6.07, 6.45) is 0. The fourth-order valence-electron chi connectivity index (χ4n) is 1.48. The summed E-state index contributed by atoms with van der Waals surface area (Å²) in [6.45, 7) is 2.02. The van der Waals surface area contributed by atoms with Gasteiger partial charge in [-0.25, -0.2) is 18.1 Å². The minimum absolute atomic E-state index is 0.0256. The second-order valence-corrected chi connectivity index (χ2v) is 6.61. The Morgan fingerprint density at radius 1 is 1.40 bits per heavy atom. The van der Waals surface area contributed by atoms with Crippen LogP contribution in [0.2, 0.25) is 0 Å². The van der Waals surface area contributed by atoms with Crippen LogP contribution in [0, 0.1) is 6.92 Å². The lowest BCUT2D eigenvalue weighted by atomic mass is 10.4. The number of rotatable bonds is 5. The molecule has 0 amide bonds. The maximum atomic E-state index is 12.2. The molecule has 0 saturated heterocycles. The molecule has 0 aliphatic rings. The number of hydrogen-bond acceptors (Lipinski definition) is 7. The number of anilines is 1. The second kappa shape index (κ2) is 5.73. The van der Waals surface area contributed by atoms with Gasteiger partial charge in [-0.3, -0.25) is 0 Å². The van der Waals surface area contributed by atoms with Crippen molar-refractivity contribution in [2.24, 2.45) is 5.73 Å². The monoisotopic (exact) mass is 314 g/mol. The molecule has 9 heteroatoms. The van der Waals surface area contributed by atoms with E-state index in [0.717, 1.165) is 4.88 Å². The van der Waals surface area contributed by atoms with Crippen LogP contribution in [-0.2, 0) is 16.6 Å². The Hall–Kier alpha value is -1.71. The topological polar surface area (TPSA) is 107 Å². The molecule has 2 rings (SSSR count). The number of ether oxygens (including phenoxy) is 1. The number of nitrogens with two attached hydrogens (primary N) is 1. The Bertz CT molecular complexity index is 712. The van der Waals surface area contributed by atoms with Crippen molar-refractivity contribution in [2.75, 3.05) is 11.8 Å². The van der Waals surface area contributed by atoms with Crippen molar-refractivity contribution in [3.05, 3.63) is 28.1 Å². The van der Waals surface area contributed by atoms with Gasteiger partial charge in [0, 0.05) is 28.6 Å². The summed E-state index contributed by atoms with van der Waals surface area (Å²) in [6, 6.07) is 3.13. The summed E-state index contributed by atoms with van der Waals surface area (Å²) >= 11 is 1.29. The van der Waals surface area contributed by atoms with E-state index >= 15 is 0 Å². The number of methoxy groups -OCH3 is 1. The number of aromatic nitrogens is 2. The highest BCUT2D eigenvalue weighted by Crippen LogP contribution is 2.21. The molecule has 0 spiro atoms. The largest absolute Gasteiger partial charge is 0.481 e. The first-order valence-corrected chi connectivity index (χ1v) is 8.01. The highest BCUT2D eigenvalue weighted by Gasteiger charge is 2.18. The zero-order chi connectivity index (χ0) is 14.8. The van der Waals surface area contributed by atoms with Gasteiger partial charge in [0.1, 0.15) is 0 Å². The van der Waals surface area contributed by atoms with E-state index in [1.807, 2.05) is 0 Å². The van der Waals surface area contributed by atoms with Crippen LogP contribution in [0.4, 0.5) is 5.95 Å². The summed E-state index contributed by atoms with van der Waals surface area (Å²) in [4.78, 5) is 8.89. The van der Waals surface area contributed by atoms with Gasteiger partial charge in [0.15, 0.2) is 0 Å². The van der Waals surface area contributed by atoms with Gasteiger partial charge in [0.2, 0.25) is 11.8 Å². The fourth-order valence-corrected chi connectivity index (χ4v) is 3.58. The number of sulfonamides is 1. The van der Waals surface area contributed by atoms with Gasteiger partial charge in [0.05, 0.1) is 12.0 Å². The lowest BCUT2D eigenvalue weighted by molar-refractivity contribution is 0.397. The molecule has 0 fully saturated rings. The standard InChI is InChI=1S/C11H14N4O3S2/c1-7-3-10(18-2)14-11(13-7)15-20(16,17)9-4-8(5-12)19-6-9/h3-4,6H,5,12H2,1-2H3,(H,13,14,15). The Morgan fingerprint density at radius 2 is 2.15 bits per heavy atom. The summed E-state index contributed by atoms with van der Waals surface area (Å²) in [5.74, 6) is 0.269. The van der Waals surface area contributed by atoms with Crippen LogP contribution in [0.3, 0.4) is 0 Å². The number of nitrogens with one attached hydrogen (secondary N) is 1. The molecule has 2 aromatic rings. The third-order valence-electron chi connectivity index (χ3n) is 2.41. The molecule has 7 nitrogen and oxygen atoms in total. The highest BCUT2D eigenvalue weighted by molar-refractivity contribution is 7.92. The van der Waals surface area contributed by atoms with E-state index in [1.165, 1.54) is 29.9 Å². The molecule has 0 saturated carbocycles. The molecule has 2 aromatic heterocycles. The lowest BCUT2D eigenvalue weighted by Gasteiger charge is -2.07. The van der Waals surface area contributed by atoms with Crippen LogP contribution in [0.25, 0.3) is 0 Å². The number of aryl methyl sites for hydroxylation is 1. The van der Waals surface area contributed by atoms with Crippen molar-refractivity contribution in [3.8, 4) is 5.88 Å². The second-order valence-electron chi connectivity index (χ2n) is 3.93. The summed E-state index contributed by atoms with van der Waals surface area (Å²) in [5.41, 5.74) is 6.07. The van der Waals surface area contributed by atoms with Gasteiger partial charge < -0.3 is 10.5 Å². The van der Waals surface area contributed by atoms with E-state index in [1.54, 1.807) is 13.0 Å². The average Bonchev–Trinajstić information content (AvgIpc) is 2.87. The minimum atomic E-state index is -3.72. The molecule has 0 aromatic carbocycles. The Kier molecular flexibility index (Phi) is 4.21. The third kappa shape index (κ3) is 3.24. The minimum Gasteiger partial charge on any atom is -0.481 e. The first-order valence-electron chi connectivity index (χ1n) is 5.64. The van der Waals surface area contributed by atoms with Gasteiger partial charge >= 0.3 is 0 Å². The Morgan fingerprint density at radius 3 is 2.75 bits per heavy atom. The molecule has 0 aliphatic carbocycles. The Balaban J connectivity index is 2.30. The van der Waals surface area contributed by atoms with E-state index in [9.17, 15) is 8.42 Å². The van der Waals surface area contributed by atoms with Crippen molar-refractivity contribution in [1.29, 1.82) is 0 Å². The quantitative estimate of drug-likeness (QED) is 0.856. The van der Waals surface area contributed by atoms with Crippen LogP contribution in [0.1, 0.15) is 10.6 Å². The van der Waals surface area contributed by atoms with Crippen molar-refractivity contribution in [2.45, 2.75) is 18.4 Å². The molecular formula is C11H14N4O3S2. The maximum Gasteiger partial charge on any atom is 0.265 e. The van der Waals surface area contributed by atoms with Crippen molar-refractivity contribution in [1.82, 2.24) is 9.97 Å². The number of thiophene rings is 1. The van der Waals surface area contributed by atoms with Crippen molar-refractivity contribution < 1.29 is 13.2 Å². The van der Waals surface area contributed by atoms with Crippen molar-refractivity contribution >= 4 is 27.3 Å². The molecular weight excluding hydrogens is 300 g/mol. The van der Waals surface area contributed by atoms with E-state index in [2.05, 4.69) is 14.7 Å². The van der Waals surface area contributed by atoms with E-state index < -0.39 is 10.0 Å². The molecule has 0 unspecified atom stereocenters. The van der Waals surface area contributed by atoms with Crippen LogP contribution in [-0.4, -0.2) is 25.5 Å². The average molecular weight is 314 g/mol. The van der Waals surface area contributed by atoms with Gasteiger partial charge in [-0.1, -0.05) is 0 Å². The van der Waals surface area contributed by atoms with Crippen LogP contribution < -0.4 is 15.2 Å². The van der Waals surface area contributed by atoms with Crippen LogP contribution in [0.5, 0.6) is 5.88 Å². The van der Waals surface area contributed by atoms with Gasteiger partial charge in [-0.15, -0.1) is 11.3 Å². The third-order valence-corrected chi connectivity index (χ3v) is 4.82. The molecule has 3 N–H and O–H groups in total. The molecule has 0 bridgehead atoms. The smallest absolute Gasteiger partial charge is 0.265 e. The number of hydrogen-bond donors (Lipinski definition) is 2. The fraction of sp³-hybridized carbons (Fsp3) is 0.273. The zero-order valence-electron chi connectivity index (χ0n) is 11.0. The first-order chi connectivity index (χ1) is 9.44. The predicted molar refractivity (Wildman–Crippen MR) is 76.3 cm³/mol.